The number of esters is 2. The molecule has 0 radical (unpaired) electrons. The van der Waals surface area contributed by atoms with Crippen LogP contribution in [-0.4, -0.2) is 96.0 Å². The van der Waals surface area contributed by atoms with Crippen LogP contribution < -0.4 is 0 Å². The standard InChI is InChI=1S/C51H84O12S/c1-3-5-7-9-11-13-15-17-18-19-20-21-22-23-24-25-26-28-29-31-33-35-37-39-46(52)60-41-44(42-61-51-50(56)49(55)48(54)45(63-51)43-64(57,58)59)62-47(53)40-38-36-34-32-30-27-16-14-12-10-8-6-4-2/h5,7,11,13,17-18,20-21,23-24,27,30,34,36,44-45,48-51,54-56H,3-4,6,8-10,12,14-16,19,22,25-26,28-29,31-33,35,37-43H2,1-2H3,(H,57,58,59)/b7-5+,13-11+,18-17+,21-20+,24-23+,30-27+,36-34+/t44?,45-,48-,49?,50?,51+/m1/s1. The Morgan fingerprint density at radius 2 is 1.02 bits per heavy atom. The Morgan fingerprint density at radius 1 is 0.547 bits per heavy atom. The SMILES string of the molecule is CC/C=C/C/C=C/C/C=C/C/C=C/C/C=C/CCCCCCCCCC(=O)OCC(CO[C@H]1O[C@H](CS(=O)(=O)O)[C@@H](O)C(O)C1O)OC(=O)CC/C=C/C/C=C/CCCCCCCC. The van der Waals surface area contributed by atoms with E-state index in [1.54, 1.807) is 0 Å². The minimum atomic E-state index is -4.61. The van der Waals surface area contributed by atoms with E-state index < -0.39 is 71.2 Å². The van der Waals surface area contributed by atoms with Gasteiger partial charge in [-0.3, -0.25) is 14.1 Å². The lowest BCUT2D eigenvalue weighted by molar-refractivity contribution is -0.297. The number of ether oxygens (including phenoxy) is 4. The van der Waals surface area contributed by atoms with Crippen LogP contribution in [0.1, 0.15) is 168 Å². The maximum absolute atomic E-state index is 12.8. The molecule has 0 aromatic heterocycles. The third kappa shape index (κ3) is 34.2. The van der Waals surface area contributed by atoms with Crippen LogP contribution in [0.25, 0.3) is 0 Å². The Morgan fingerprint density at radius 3 is 1.53 bits per heavy atom. The maximum atomic E-state index is 12.8. The van der Waals surface area contributed by atoms with Crippen molar-refractivity contribution in [2.75, 3.05) is 19.0 Å². The average molecular weight is 921 g/mol. The topological polar surface area (TPSA) is 186 Å². The summed E-state index contributed by atoms with van der Waals surface area (Å²) in [7, 11) is -4.61. The summed E-state index contributed by atoms with van der Waals surface area (Å²) < 4.78 is 54.0. The van der Waals surface area contributed by atoms with Crippen molar-refractivity contribution >= 4 is 22.1 Å². The molecular weight excluding hydrogens is 837 g/mol. The lowest BCUT2D eigenvalue weighted by atomic mass is 10.00. The zero-order valence-electron chi connectivity index (χ0n) is 39.1. The molecule has 12 nitrogen and oxygen atoms in total. The lowest BCUT2D eigenvalue weighted by Gasteiger charge is -2.40. The van der Waals surface area contributed by atoms with E-state index in [9.17, 15) is 37.9 Å². The second-order valence-corrected chi connectivity index (χ2v) is 17.9. The molecule has 1 saturated heterocycles. The fourth-order valence-electron chi connectivity index (χ4n) is 6.76. The third-order valence-corrected chi connectivity index (χ3v) is 11.2. The predicted octanol–water partition coefficient (Wildman–Crippen LogP) is 10.4. The second kappa shape index (κ2) is 40.1. The largest absolute Gasteiger partial charge is 0.462 e. The molecule has 0 aliphatic carbocycles. The number of hydrogen-bond donors (Lipinski definition) is 4. The van der Waals surface area contributed by atoms with Crippen LogP contribution in [0.15, 0.2) is 85.1 Å². The quantitative estimate of drug-likeness (QED) is 0.0198. The normalized spacial score (nSPS) is 20.4. The van der Waals surface area contributed by atoms with Gasteiger partial charge in [0.2, 0.25) is 0 Å². The number of carbonyl (C=O) groups is 2. The highest BCUT2D eigenvalue weighted by Crippen LogP contribution is 2.24. The first-order chi connectivity index (χ1) is 31.0. The summed E-state index contributed by atoms with van der Waals surface area (Å²) in [5.74, 6) is -2.09. The van der Waals surface area contributed by atoms with Crippen molar-refractivity contribution in [3.8, 4) is 0 Å². The molecule has 1 heterocycles. The van der Waals surface area contributed by atoms with Crippen molar-refractivity contribution in [2.24, 2.45) is 0 Å². The molecule has 366 valence electrons. The molecule has 0 bridgehead atoms. The van der Waals surface area contributed by atoms with Crippen LogP contribution >= 0.6 is 0 Å². The van der Waals surface area contributed by atoms with E-state index in [1.165, 1.54) is 38.5 Å². The monoisotopic (exact) mass is 921 g/mol. The maximum Gasteiger partial charge on any atom is 0.306 e. The average Bonchev–Trinajstić information content (AvgIpc) is 3.26. The van der Waals surface area contributed by atoms with Gasteiger partial charge in [-0.25, -0.2) is 0 Å². The van der Waals surface area contributed by atoms with Crippen molar-refractivity contribution in [1.29, 1.82) is 0 Å². The van der Waals surface area contributed by atoms with Crippen LogP contribution in [-0.2, 0) is 38.7 Å². The number of aliphatic hydroxyl groups is 3. The van der Waals surface area contributed by atoms with Crippen molar-refractivity contribution < 1.29 is 56.8 Å². The van der Waals surface area contributed by atoms with Crippen LogP contribution in [0.5, 0.6) is 0 Å². The second-order valence-electron chi connectivity index (χ2n) is 16.4. The number of allylic oxidation sites excluding steroid dienone is 14. The fraction of sp³-hybridized carbons (Fsp3) is 0.686. The van der Waals surface area contributed by atoms with E-state index in [0.717, 1.165) is 89.9 Å². The first-order valence-electron chi connectivity index (χ1n) is 24.1. The lowest BCUT2D eigenvalue weighted by Crippen LogP contribution is -2.60. The smallest absolute Gasteiger partial charge is 0.306 e. The highest BCUT2D eigenvalue weighted by Gasteiger charge is 2.46. The highest BCUT2D eigenvalue weighted by molar-refractivity contribution is 7.85. The van der Waals surface area contributed by atoms with E-state index in [4.69, 9.17) is 18.9 Å². The number of unbranched alkanes of at least 4 members (excludes halogenated alkanes) is 13. The Labute approximate surface area is 386 Å². The van der Waals surface area contributed by atoms with Gasteiger partial charge in [0.1, 0.15) is 36.8 Å². The van der Waals surface area contributed by atoms with Crippen LogP contribution in [0.2, 0.25) is 0 Å². The van der Waals surface area contributed by atoms with Gasteiger partial charge in [0, 0.05) is 12.8 Å². The first kappa shape index (κ1) is 58.8. The molecule has 1 aliphatic heterocycles. The van der Waals surface area contributed by atoms with E-state index in [-0.39, 0.29) is 19.4 Å². The van der Waals surface area contributed by atoms with Gasteiger partial charge in [0.25, 0.3) is 10.1 Å². The third-order valence-electron chi connectivity index (χ3n) is 10.5. The van der Waals surface area contributed by atoms with E-state index in [0.29, 0.717) is 12.8 Å². The molecule has 3 unspecified atom stereocenters. The highest BCUT2D eigenvalue weighted by atomic mass is 32.2. The molecule has 6 atom stereocenters. The molecule has 1 fully saturated rings. The summed E-state index contributed by atoms with van der Waals surface area (Å²) in [5.41, 5.74) is 0. The summed E-state index contributed by atoms with van der Waals surface area (Å²) in [4.78, 5) is 25.4. The minimum absolute atomic E-state index is 0.0513. The Balaban J connectivity index is 2.41. The summed E-state index contributed by atoms with van der Waals surface area (Å²) in [6, 6.07) is 0. The van der Waals surface area contributed by atoms with Gasteiger partial charge in [0.05, 0.1) is 6.61 Å². The zero-order valence-corrected chi connectivity index (χ0v) is 39.9. The molecule has 0 saturated carbocycles. The molecule has 0 aromatic rings. The summed E-state index contributed by atoms with van der Waals surface area (Å²) in [5, 5.41) is 30.9. The zero-order chi connectivity index (χ0) is 46.9. The van der Waals surface area contributed by atoms with Gasteiger partial charge in [-0.2, -0.15) is 8.42 Å². The van der Waals surface area contributed by atoms with Crippen molar-refractivity contribution in [2.45, 2.75) is 205 Å². The van der Waals surface area contributed by atoms with Crippen molar-refractivity contribution in [3.63, 3.8) is 0 Å². The number of carbonyl (C=O) groups excluding carboxylic acids is 2. The van der Waals surface area contributed by atoms with E-state index >= 15 is 0 Å². The fourth-order valence-corrected chi connectivity index (χ4v) is 7.45. The molecule has 0 aromatic carbocycles. The van der Waals surface area contributed by atoms with Gasteiger partial charge in [0.15, 0.2) is 12.4 Å². The molecular formula is C51H84O12S. The van der Waals surface area contributed by atoms with Crippen LogP contribution in [0.4, 0.5) is 0 Å². The summed E-state index contributed by atoms with van der Waals surface area (Å²) in [6.45, 7) is 3.57. The minimum Gasteiger partial charge on any atom is -0.462 e. The van der Waals surface area contributed by atoms with Crippen molar-refractivity contribution in [1.82, 2.24) is 0 Å². The number of aliphatic hydroxyl groups excluding tert-OH is 3. The van der Waals surface area contributed by atoms with Gasteiger partial charge < -0.3 is 34.3 Å². The van der Waals surface area contributed by atoms with Gasteiger partial charge >= 0.3 is 11.9 Å². The van der Waals surface area contributed by atoms with Gasteiger partial charge in [-0.1, -0.05) is 163 Å². The summed E-state index contributed by atoms with van der Waals surface area (Å²) in [6.07, 6.45) is 43.6. The van der Waals surface area contributed by atoms with E-state index in [2.05, 4.69) is 86.8 Å². The molecule has 0 spiro atoms. The van der Waals surface area contributed by atoms with Crippen LogP contribution in [0.3, 0.4) is 0 Å². The van der Waals surface area contributed by atoms with E-state index in [1.807, 2.05) is 12.2 Å². The molecule has 4 N–H and O–H groups in total. The van der Waals surface area contributed by atoms with Crippen LogP contribution in [0, 0.1) is 0 Å². The van der Waals surface area contributed by atoms with Gasteiger partial charge in [-0.05, 0) is 77.0 Å². The number of hydrogen-bond acceptors (Lipinski definition) is 11. The number of rotatable bonds is 39. The van der Waals surface area contributed by atoms with Gasteiger partial charge in [-0.15, -0.1) is 0 Å². The molecule has 0 amide bonds. The Hall–Kier alpha value is -3.17. The summed E-state index contributed by atoms with van der Waals surface area (Å²) >= 11 is 0. The predicted molar refractivity (Wildman–Crippen MR) is 256 cm³/mol. The Kier molecular flexibility index (Phi) is 36.9. The first-order valence-corrected chi connectivity index (χ1v) is 25.8. The van der Waals surface area contributed by atoms with Crippen molar-refractivity contribution in [3.05, 3.63) is 85.1 Å². The molecule has 13 heteroatoms. The molecule has 1 aliphatic rings. The molecule has 1 rings (SSSR count). The molecule has 64 heavy (non-hydrogen) atoms. The Bertz CT molecular complexity index is 1500.